The maximum atomic E-state index is 13.0. The number of rotatable bonds is 4. The predicted molar refractivity (Wildman–Crippen MR) is 75.1 cm³/mol. The van der Waals surface area contributed by atoms with Crippen LogP contribution in [-0.4, -0.2) is 0 Å². The van der Waals surface area contributed by atoms with Crippen molar-refractivity contribution in [1.82, 2.24) is 0 Å². The third kappa shape index (κ3) is 3.58. The normalized spacial score (nSPS) is 10.9. The zero-order valence-electron chi connectivity index (χ0n) is 10.1. The average molecular weight is 320 g/mol. The Morgan fingerprint density at radius 3 is 2.05 bits per heavy atom. The molecule has 6 heteroatoms. The van der Waals surface area contributed by atoms with Crippen molar-refractivity contribution < 1.29 is 13.2 Å². The summed E-state index contributed by atoms with van der Waals surface area (Å²) in [5.41, 5.74) is 1.16. The molecule has 0 fully saturated rings. The Morgan fingerprint density at radius 2 is 1.55 bits per heavy atom. The number of hydrogen-bond donors (Lipinski definition) is 1. The molecular formula is C14H10Cl2F3N. The SMILES string of the molecule is Fc1cc(Cl)c(NCc2ccc(C(F)F)cc2)c(Cl)c1. The van der Waals surface area contributed by atoms with E-state index in [0.29, 0.717) is 12.2 Å². The van der Waals surface area contributed by atoms with Gasteiger partial charge in [0.2, 0.25) is 0 Å². The van der Waals surface area contributed by atoms with Gasteiger partial charge in [0.15, 0.2) is 0 Å². The number of hydrogen-bond acceptors (Lipinski definition) is 1. The van der Waals surface area contributed by atoms with Gasteiger partial charge in [0, 0.05) is 12.1 Å². The van der Waals surface area contributed by atoms with Gasteiger partial charge in [-0.3, -0.25) is 0 Å². The highest BCUT2D eigenvalue weighted by atomic mass is 35.5. The Morgan fingerprint density at radius 1 is 1.00 bits per heavy atom. The third-order valence-electron chi connectivity index (χ3n) is 2.71. The van der Waals surface area contributed by atoms with Gasteiger partial charge in [-0.2, -0.15) is 0 Å². The lowest BCUT2D eigenvalue weighted by Crippen LogP contribution is -2.01. The van der Waals surface area contributed by atoms with Gasteiger partial charge in [-0.05, 0) is 17.7 Å². The summed E-state index contributed by atoms with van der Waals surface area (Å²) in [7, 11) is 0. The van der Waals surface area contributed by atoms with Crippen LogP contribution in [0.5, 0.6) is 0 Å². The van der Waals surface area contributed by atoms with E-state index >= 15 is 0 Å². The monoisotopic (exact) mass is 319 g/mol. The molecule has 0 atom stereocenters. The second kappa shape index (κ2) is 6.37. The lowest BCUT2D eigenvalue weighted by Gasteiger charge is -2.11. The third-order valence-corrected chi connectivity index (χ3v) is 3.30. The molecule has 0 aliphatic heterocycles. The molecule has 0 saturated heterocycles. The van der Waals surface area contributed by atoms with Crippen LogP contribution in [0.3, 0.4) is 0 Å². The zero-order valence-corrected chi connectivity index (χ0v) is 11.7. The average Bonchev–Trinajstić information content (AvgIpc) is 2.38. The summed E-state index contributed by atoms with van der Waals surface area (Å²) in [4.78, 5) is 0. The van der Waals surface area contributed by atoms with Crippen LogP contribution in [0.2, 0.25) is 10.0 Å². The van der Waals surface area contributed by atoms with Crippen LogP contribution in [0.4, 0.5) is 18.9 Å². The molecule has 0 radical (unpaired) electrons. The first-order valence-corrected chi connectivity index (χ1v) is 6.48. The van der Waals surface area contributed by atoms with Gasteiger partial charge in [0.25, 0.3) is 6.43 Å². The van der Waals surface area contributed by atoms with E-state index in [-0.39, 0.29) is 15.6 Å². The summed E-state index contributed by atoms with van der Waals surface area (Å²) < 4.78 is 37.8. The molecule has 2 rings (SSSR count). The molecule has 0 aromatic heterocycles. The molecule has 1 N–H and O–H groups in total. The topological polar surface area (TPSA) is 12.0 Å². The molecule has 0 amide bonds. The molecule has 0 bridgehead atoms. The molecule has 1 nitrogen and oxygen atoms in total. The van der Waals surface area contributed by atoms with Crippen LogP contribution in [0.15, 0.2) is 36.4 Å². The Kier molecular flexibility index (Phi) is 4.78. The first-order valence-electron chi connectivity index (χ1n) is 5.73. The molecule has 2 aromatic carbocycles. The Balaban J connectivity index is 2.09. The number of halogens is 5. The van der Waals surface area contributed by atoms with Gasteiger partial charge < -0.3 is 5.32 Å². The maximum absolute atomic E-state index is 13.0. The fraction of sp³-hybridized carbons (Fsp3) is 0.143. The van der Waals surface area contributed by atoms with E-state index in [1.54, 1.807) is 12.1 Å². The van der Waals surface area contributed by atoms with Gasteiger partial charge in [0.05, 0.1) is 15.7 Å². The summed E-state index contributed by atoms with van der Waals surface area (Å²) >= 11 is 11.8. The highest BCUT2D eigenvalue weighted by molar-refractivity contribution is 6.39. The van der Waals surface area contributed by atoms with Crippen LogP contribution in [0.1, 0.15) is 17.6 Å². The summed E-state index contributed by atoms with van der Waals surface area (Å²) in [6.45, 7) is 0.342. The van der Waals surface area contributed by atoms with Crippen LogP contribution in [0, 0.1) is 5.82 Å². The van der Waals surface area contributed by atoms with E-state index in [4.69, 9.17) is 23.2 Å². The van der Waals surface area contributed by atoms with Crippen molar-refractivity contribution in [2.75, 3.05) is 5.32 Å². The van der Waals surface area contributed by atoms with E-state index in [0.717, 1.165) is 17.7 Å². The van der Waals surface area contributed by atoms with Crippen molar-refractivity contribution in [3.05, 3.63) is 63.4 Å². The van der Waals surface area contributed by atoms with Gasteiger partial charge in [-0.15, -0.1) is 0 Å². The largest absolute Gasteiger partial charge is 0.379 e. The molecule has 0 unspecified atom stereocenters. The molecule has 20 heavy (non-hydrogen) atoms. The highest BCUT2D eigenvalue weighted by Gasteiger charge is 2.09. The lowest BCUT2D eigenvalue weighted by molar-refractivity contribution is 0.151. The quantitative estimate of drug-likeness (QED) is 0.764. The van der Waals surface area contributed by atoms with E-state index in [1.807, 2.05) is 0 Å². The molecule has 106 valence electrons. The van der Waals surface area contributed by atoms with E-state index in [2.05, 4.69) is 5.32 Å². The van der Waals surface area contributed by atoms with E-state index in [9.17, 15) is 13.2 Å². The van der Waals surface area contributed by atoms with Crippen molar-refractivity contribution in [2.45, 2.75) is 13.0 Å². The minimum Gasteiger partial charge on any atom is -0.379 e. The molecular weight excluding hydrogens is 310 g/mol. The van der Waals surface area contributed by atoms with Gasteiger partial charge >= 0.3 is 0 Å². The van der Waals surface area contributed by atoms with Crippen LogP contribution >= 0.6 is 23.2 Å². The zero-order chi connectivity index (χ0) is 14.7. The fourth-order valence-corrected chi connectivity index (χ4v) is 2.28. The molecule has 0 aliphatic rings. The van der Waals surface area contributed by atoms with Gasteiger partial charge in [-0.1, -0.05) is 47.5 Å². The Bertz CT molecular complexity index is 577. The summed E-state index contributed by atoms with van der Waals surface area (Å²) in [6.07, 6.45) is -2.49. The van der Waals surface area contributed by atoms with E-state index < -0.39 is 12.2 Å². The van der Waals surface area contributed by atoms with Crippen molar-refractivity contribution in [1.29, 1.82) is 0 Å². The number of anilines is 1. The highest BCUT2D eigenvalue weighted by Crippen LogP contribution is 2.31. The summed E-state index contributed by atoms with van der Waals surface area (Å²) in [5.74, 6) is -0.521. The van der Waals surface area contributed by atoms with Crippen molar-refractivity contribution in [3.63, 3.8) is 0 Å². The molecule has 0 saturated carbocycles. The summed E-state index contributed by atoms with van der Waals surface area (Å²) in [5, 5.41) is 3.29. The van der Waals surface area contributed by atoms with Gasteiger partial charge in [-0.25, -0.2) is 13.2 Å². The second-order valence-corrected chi connectivity index (χ2v) is 4.95. The van der Waals surface area contributed by atoms with Crippen molar-refractivity contribution >= 4 is 28.9 Å². The minimum atomic E-state index is -2.49. The van der Waals surface area contributed by atoms with Crippen LogP contribution in [-0.2, 0) is 6.54 Å². The fourth-order valence-electron chi connectivity index (χ4n) is 1.68. The van der Waals surface area contributed by atoms with Crippen LogP contribution in [0.25, 0.3) is 0 Å². The van der Waals surface area contributed by atoms with Crippen LogP contribution < -0.4 is 5.32 Å². The molecule has 0 heterocycles. The maximum Gasteiger partial charge on any atom is 0.263 e. The molecule has 2 aromatic rings. The summed E-state index contributed by atoms with van der Waals surface area (Å²) in [6, 6.07) is 8.18. The van der Waals surface area contributed by atoms with Crippen molar-refractivity contribution in [3.8, 4) is 0 Å². The second-order valence-electron chi connectivity index (χ2n) is 4.14. The number of benzene rings is 2. The minimum absolute atomic E-state index is 0.0356. The van der Waals surface area contributed by atoms with Gasteiger partial charge in [0.1, 0.15) is 5.82 Å². The molecule has 0 spiro atoms. The van der Waals surface area contributed by atoms with Crippen molar-refractivity contribution in [2.24, 2.45) is 0 Å². The van der Waals surface area contributed by atoms with E-state index in [1.165, 1.54) is 12.1 Å². The predicted octanol–water partition coefficient (Wildman–Crippen LogP) is 5.68. The first-order chi connectivity index (χ1) is 9.47. The number of alkyl halides is 2. The number of nitrogens with one attached hydrogen (secondary N) is 1. The lowest BCUT2D eigenvalue weighted by atomic mass is 10.1. The Labute approximate surface area is 124 Å². The Hall–Kier alpha value is -1.39. The first kappa shape index (κ1) is 15.0. The smallest absolute Gasteiger partial charge is 0.263 e. The standard InChI is InChI=1S/C14H10Cl2F3N/c15-11-5-10(17)6-12(16)13(11)20-7-8-1-3-9(4-2-8)14(18)19/h1-6,14,20H,7H2. The molecule has 0 aliphatic carbocycles.